The van der Waals surface area contributed by atoms with Crippen LogP contribution >= 0.6 is 0 Å². The average Bonchev–Trinajstić information content (AvgIpc) is 2.10. The van der Waals surface area contributed by atoms with Crippen LogP contribution in [0.15, 0.2) is 35.5 Å². The summed E-state index contributed by atoms with van der Waals surface area (Å²) >= 11 is 0. The zero-order chi connectivity index (χ0) is 7.90. The normalized spacial score (nSPS) is 26.0. The zero-order valence-electron chi connectivity index (χ0n) is 7.22. The SMILES string of the molecule is CC1(C)CC2=C1C=CCC=C2. The average molecular weight is 146 g/mol. The first-order chi connectivity index (χ1) is 5.20. The van der Waals surface area contributed by atoms with Gasteiger partial charge in [-0.15, -0.1) is 0 Å². The van der Waals surface area contributed by atoms with Crippen molar-refractivity contribution in [1.82, 2.24) is 0 Å². The van der Waals surface area contributed by atoms with E-state index in [-0.39, 0.29) is 0 Å². The molecule has 0 bridgehead atoms. The molecule has 0 nitrogen and oxygen atoms in total. The van der Waals surface area contributed by atoms with Gasteiger partial charge in [0, 0.05) is 0 Å². The lowest BCUT2D eigenvalue weighted by molar-refractivity contribution is 0.399. The predicted octanol–water partition coefficient (Wildman–Crippen LogP) is 3.23. The quantitative estimate of drug-likeness (QED) is 0.492. The van der Waals surface area contributed by atoms with Gasteiger partial charge in [-0.3, -0.25) is 0 Å². The van der Waals surface area contributed by atoms with Crippen molar-refractivity contribution in [1.29, 1.82) is 0 Å². The Labute approximate surface area is 68.3 Å². The third kappa shape index (κ3) is 0.973. The number of allylic oxidation sites excluding steroid dienone is 6. The van der Waals surface area contributed by atoms with Gasteiger partial charge in [-0.2, -0.15) is 0 Å². The third-order valence-electron chi connectivity index (χ3n) is 2.58. The fourth-order valence-corrected chi connectivity index (χ4v) is 1.95. The molecule has 0 saturated carbocycles. The van der Waals surface area contributed by atoms with Crippen molar-refractivity contribution in [2.45, 2.75) is 26.7 Å². The van der Waals surface area contributed by atoms with E-state index in [4.69, 9.17) is 0 Å². The Bertz CT molecular complexity index is 262. The summed E-state index contributed by atoms with van der Waals surface area (Å²) in [5.74, 6) is 0. The number of hydrogen-bond acceptors (Lipinski definition) is 0. The Hall–Kier alpha value is -0.780. The molecule has 0 aromatic carbocycles. The van der Waals surface area contributed by atoms with Crippen molar-refractivity contribution < 1.29 is 0 Å². The molecule has 0 saturated heterocycles. The summed E-state index contributed by atoms with van der Waals surface area (Å²) in [5, 5.41) is 0. The van der Waals surface area contributed by atoms with Gasteiger partial charge in [-0.1, -0.05) is 38.2 Å². The summed E-state index contributed by atoms with van der Waals surface area (Å²) in [4.78, 5) is 0. The molecule has 0 heterocycles. The highest BCUT2D eigenvalue weighted by Gasteiger charge is 2.33. The summed E-state index contributed by atoms with van der Waals surface area (Å²) in [6.45, 7) is 4.63. The molecule has 0 N–H and O–H groups in total. The number of hydrogen-bond donors (Lipinski definition) is 0. The third-order valence-corrected chi connectivity index (χ3v) is 2.58. The molecule has 0 atom stereocenters. The minimum Gasteiger partial charge on any atom is -0.0805 e. The van der Waals surface area contributed by atoms with Crippen LogP contribution in [0.2, 0.25) is 0 Å². The van der Waals surface area contributed by atoms with Crippen molar-refractivity contribution in [3.8, 4) is 0 Å². The Balaban J connectivity index is 2.39. The van der Waals surface area contributed by atoms with Crippen LogP contribution in [0.25, 0.3) is 0 Å². The molecular weight excluding hydrogens is 132 g/mol. The first kappa shape index (κ1) is 6.90. The first-order valence-electron chi connectivity index (χ1n) is 4.27. The van der Waals surface area contributed by atoms with Gasteiger partial charge in [-0.05, 0) is 29.4 Å². The second-order valence-corrected chi connectivity index (χ2v) is 4.04. The highest BCUT2D eigenvalue weighted by molar-refractivity contribution is 5.47. The van der Waals surface area contributed by atoms with Gasteiger partial charge in [-0.25, -0.2) is 0 Å². The van der Waals surface area contributed by atoms with Crippen LogP contribution < -0.4 is 0 Å². The molecular formula is C11H14. The molecule has 11 heavy (non-hydrogen) atoms. The minimum atomic E-state index is 0.445. The van der Waals surface area contributed by atoms with Crippen LogP contribution in [0.5, 0.6) is 0 Å². The van der Waals surface area contributed by atoms with E-state index in [0.29, 0.717) is 5.41 Å². The standard InChI is InChI=1S/C11H14/c1-11(2)8-9-6-4-3-5-7-10(9)11/h4-7H,3,8H2,1-2H3. The highest BCUT2D eigenvalue weighted by atomic mass is 14.4. The van der Waals surface area contributed by atoms with E-state index < -0.39 is 0 Å². The van der Waals surface area contributed by atoms with Gasteiger partial charge in [0.2, 0.25) is 0 Å². The lowest BCUT2D eigenvalue weighted by atomic mass is 9.66. The van der Waals surface area contributed by atoms with Crippen LogP contribution in [0.3, 0.4) is 0 Å². The molecule has 0 aromatic rings. The maximum Gasteiger partial charge on any atom is -0.00605 e. The first-order valence-corrected chi connectivity index (χ1v) is 4.27. The zero-order valence-corrected chi connectivity index (χ0v) is 7.22. The lowest BCUT2D eigenvalue weighted by Crippen LogP contribution is -2.25. The highest BCUT2D eigenvalue weighted by Crippen LogP contribution is 2.47. The largest absolute Gasteiger partial charge is 0.0805 e. The molecule has 0 spiro atoms. The molecule has 2 rings (SSSR count). The minimum absolute atomic E-state index is 0.445. The Morgan fingerprint density at radius 1 is 1.18 bits per heavy atom. The van der Waals surface area contributed by atoms with Crippen molar-refractivity contribution in [3.05, 3.63) is 35.5 Å². The van der Waals surface area contributed by atoms with Crippen LogP contribution in [-0.4, -0.2) is 0 Å². The maximum atomic E-state index is 2.31. The predicted molar refractivity (Wildman–Crippen MR) is 48.3 cm³/mol. The Morgan fingerprint density at radius 3 is 2.64 bits per heavy atom. The molecule has 2 aliphatic rings. The summed E-state index contributed by atoms with van der Waals surface area (Å²) in [6.07, 6.45) is 11.4. The summed E-state index contributed by atoms with van der Waals surface area (Å²) in [6, 6.07) is 0. The smallest absolute Gasteiger partial charge is 0.00605 e. The van der Waals surface area contributed by atoms with Crippen LogP contribution in [0.1, 0.15) is 26.7 Å². The topological polar surface area (TPSA) is 0 Å². The van der Waals surface area contributed by atoms with E-state index in [9.17, 15) is 0 Å². The number of rotatable bonds is 0. The fourth-order valence-electron chi connectivity index (χ4n) is 1.95. The molecule has 0 unspecified atom stereocenters. The van der Waals surface area contributed by atoms with Crippen molar-refractivity contribution in [2.24, 2.45) is 5.41 Å². The maximum absolute atomic E-state index is 2.31. The molecule has 0 radical (unpaired) electrons. The Morgan fingerprint density at radius 2 is 1.91 bits per heavy atom. The van der Waals surface area contributed by atoms with E-state index in [2.05, 4.69) is 38.2 Å². The van der Waals surface area contributed by atoms with Crippen LogP contribution in [-0.2, 0) is 0 Å². The molecule has 0 amide bonds. The monoisotopic (exact) mass is 146 g/mol. The van der Waals surface area contributed by atoms with Crippen LogP contribution in [0.4, 0.5) is 0 Å². The Kier molecular flexibility index (Phi) is 1.32. The van der Waals surface area contributed by atoms with E-state index in [1.165, 1.54) is 6.42 Å². The second kappa shape index (κ2) is 2.10. The van der Waals surface area contributed by atoms with E-state index in [1.807, 2.05) is 0 Å². The van der Waals surface area contributed by atoms with Crippen molar-refractivity contribution in [2.75, 3.05) is 0 Å². The van der Waals surface area contributed by atoms with Crippen LogP contribution in [0, 0.1) is 5.41 Å². The van der Waals surface area contributed by atoms with Crippen molar-refractivity contribution in [3.63, 3.8) is 0 Å². The van der Waals surface area contributed by atoms with E-state index in [0.717, 1.165) is 6.42 Å². The molecule has 0 aliphatic heterocycles. The van der Waals surface area contributed by atoms with Gasteiger partial charge in [0.1, 0.15) is 0 Å². The van der Waals surface area contributed by atoms with Gasteiger partial charge >= 0.3 is 0 Å². The second-order valence-electron chi connectivity index (χ2n) is 4.04. The van der Waals surface area contributed by atoms with E-state index in [1.54, 1.807) is 11.1 Å². The van der Waals surface area contributed by atoms with Gasteiger partial charge in [0.15, 0.2) is 0 Å². The summed E-state index contributed by atoms with van der Waals surface area (Å²) in [7, 11) is 0. The summed E-state index contributed by atoms with van der Waals surface area (Å²) < 4.78 is 0. The molecule has 2 aliphatic carbocycles. The molecule has 0 heteroatoms. The fraction of sp³-hybridized carbons (Fsp3) is 0.455. The lowest BCUT2D eigenvalue weighted by Gasteiger charge is -2.38. The van der Waals surface area contributed by atoms with Gasteiger partial charge in [0.25, 0.3) is 0 Å². The summed E-state index contributed by atoms with van der Waals surface area (Å²) in [5.41, 5.74) is 3.54. The molecule has 58 valence electrons. The van der Waals surface area contributed by atoms with E-state index >= 15 is 0 Å². The molecule has 0 fully saturated rings. The van der Waals surface area contributed by atoms with Gasteiger partial charge in [0.05, 0.1) is 0 Å². The molecule has 0 aromatic heterocycles. The van der Waals surface area contributed by atoms with Gasteiger partial charge < -0.3 is 0 Å². The van der Waals surface area contributed by atoms with Crippen molar-refractivity contribution >= 4 is 0 Å².